The third kappa shape index (κ3) is 4.48. The summed E-state index contributed by atoms with van der Waals surface area (Å²) in [6, 6.07) is 6.55. The third-order valence-electron chi connectivity index (χ3n) is 6.13. The zero-order valence-corrected chi connectivity index (χ0v) is 18.5. The smallest absolute Gasteiger partial charge is 0.417 e. The highest BCUT2D eigenvalue weighted by molar-refractivity contribution is 8.00. The number of aliphatic carboxylic acids is 1. The summed E-state index contributed by atoms with van der Waals surface area (Å²) in [5.74, 6) is -1.34. The zero-order valence-electron chi connectivity index (χ0n) is 17.6. The van der Waals surface area contributed by atoms with Gasteiger partial charge in [-0.2, -0.15) is 13.2 Å². The Balaban J connectivity index is 1.61. The number of aryl methyl sites for hydroxylation is 1. The Morgan fingerprint density at radius 2 is 1.88 bits per heavy atom. The van der Waals surface area contributed by atoms with Crippen molar-refractivity contribution in [2.75, 3.05) is 6.54 Å². The van der Waals surface area contributed by atoms with Crippen LogP contribution in [0.3, 0.4) is 0 Å². The Kier molecular flexibility index (Phi) is 5.73. The lowest BCUT2D eigenvalue weighted by molar-refractivity contribution is -0.150. The van der Waals surface area contributed by atoms with Crippen molar-refractivity contribution in [1.29, 1.82) is 0 Å². The van der Waals surface area contributed by atoms with Gasteiger partial charge in [0.1, 0.15) is 6.04 Å². The lowest BCUT2D eigenvalue weighted by Crippen LogP contribution is -2.43. The van der Waals surface area contributed by atoms with E-state index in [1.54, 1.807) is 38.2 Å². The summed E-state index contributed by atoms with van der Waals surface area (Å²) in [7, 11) is 0. The number of carboxylic acid groups (broad SMARTS) is 1. The number of rotatable bonds is 5. The van der Waals surface area contributed by atoms with E-state index >= 15 is 0 Å². The molecule has 0 bridgehead atoms. The van der Waals surface area contributed by atoms with Crippen LogP contribution in [0.2, 0.25) is 0 Å². The van der Waals surface area contributed by atoms with Crippen molar-refractivity contribution < 1.29 is 27.9 Å². The molecule has 5 nitrogen and oxygen atoms in total. The summed E-state index contributed by atoms with van der Waals surface area (Å²) in [6.07, 6.45) is -1.48. The molecule has 1 N–H and O–H groups in total. The first-order valence-corrected chi connectivity index (χ1v) is 11.2. The Bertz CT molecular complexity index is 1070. The van der Waals surface area contributed by atoms with Crippen LogP contribution in [0.25, 0.3) is 11.1 Å². The number of alkyl halides is 3. The second-order valence-electron chi connectivity index (χ2n) is 8.74. The molecular formula is C23H23F3N2O3S. The molecule has 9 heteroatoms. The Hall–Kier alpha value is -2.55. The molecule has 2 atom stereocenters. The molecule has 0 radical (unpaired) electrons. The fraction of sp³-hybridized carbons (Fsp3) is 0.435. The van der Waals surface area contributed by atoms with E-state index < -0.39 is 34.4 Å². The fourth-order valence-electron chi connectivity index (χ4n) is 4.03. The number of amides is 1. The number of carbonyl (C=O) groups is 2. The van der Waals surface area contributed by atoms with Crippen molar-refractivity contribution in [3.63, 3.8) is 0 Å². The van der Waals surface area contributed by atoms with E-state index in [1.807, 2.05) is 0 Å². The van der Waals surface area contributed by atoms with Crippen molar-refractivity contribution in [3.05, 3.63) is 47.8 Å². The third-order valence-corrected chi connectivity index (χ3v) is 7.42. The van der Waals surface area contributed by atoms with Crippen LogP contribution in [0.15, 0.2) is 41.4 Å². The van der Waals surface area contributed by atoms with Gasteiger partial charge in [0.05, 0.1) is 5.56 Å². The molecule has 2 aromatic rings. The first kappa shape index (κ1) is 22.6. The molecule has 1 saturated heterocycles. The largest absolute Gasteiger partial charge is 0.480 e. The zero-order chi connectivity index (χ0) is 23.3. The van der Waals surface area contributed by atoms with E-state index in [2.05, 4.69) is 4.98 Å². The van der Waals surface area contributed by atoms with Crippen LogP contribution >= 0.6 is 11.8 Å². The molecule has 1 saturated carbocycles. The number of likely N-dealkylation sites (tertiary alicyclic amines) is 1. The van der Waals surface area contributed by atoms with Gasteiger partial charge in [-0.1, -0.05) is 13.0 Å². The first-order chi connectivity index (χ1) is 15.0. The van der Waals surface area contributed by atoms with Crippen molar-refractivity contribution in [1.82, 2.24) is 9.88 Å². The fourth-order valence-corrected chi connectivity index (χ4v) is 5.35. The van der Waals surface area contributed by atoms with Crippen LogP contribution in [-0.2, 0) is 15.8 Å². The number of hydrogen-bond donors (Lipinski definition) is 1. The van der Waals surface area contributed by atoms with Gasteiger partial charge in [-0.05, 0) is 61.6 Å². The average molecular weight is 465 g/mol. The van der Waals surface area contributed by atoms with E-state index in [9.17, 15) is 27.9 Å². The molecule has 170 valence electrons. The quantitative estimate of drug-likeness (QED) is 0.673. The minimum atomic E-state index is -4.57. The van der Waals surface area contributed by atoms with Crippen LogP contribution in [0.5, 0.6) is 0 Å². The predicted molar refractivity (Wildman–Crippen MR) is 114 cm³/mol. The lowest BCUT2D eigenvalue weighted by Gasteiger charge is -2.24. The maximum Gasteiger partial charge on any atom is 0.417 e. The lowest BCUT2D eigenvalue weighted by atomic mass is 10.0. The maximum atomic E-state index is 13.9. The number of aromatic nitrogens is 1. The van der Waals surface area contributed by atoms with Crippen LogP contribution in [0.4, 0.5) is 13.2 Å². The van der Waals surface area contributed by atoms with Crippen molar-refractivity contribution >= 4 is 23.6 Å². The van der Waals surface area contributed by atoms with Gasteiger partial charge in [-0.15, -0.1) is 11.8 Å². The number of carboxylic acids is 1. The number of halogens is 3. The van der Waals surface area contributed by atoms with Gasteiger partial charge < -0.3 is 10.0 Å². The highest BCUT2D eigenvalue weighted by Gasteiger charge is 2.52. The van der Waals surface area contributed by atoms with E-state index in [0.717, 1.165) is 17.8 Å². The summed E-state index contributed by atoms with van der Waals surface area (Å²) in [4.78, 5) is 30.0. The van der Waals surface area contributed by atoms with Gasteiger partial charge in [-0.25, -0.2) is 4.79 Å². The van der Waals surface area contributed by atoms with E-state index in [4.69, 9.17) is 0 Å². The van der Waals surface area contributed by atoms with Crippen LogP contribution in [0, 0.1) is 12.3 Å². The molecule has 0 spiro atoms. The van der Waals surface area contributed by atoms with Crippen molar-refractivity contribution in [2.45, 2.75) is 55.5 Å². The van der Waals surface area contributed by atoms with E-state index in [1.165, 1.54) is 11.0 Å². The monoisotopic (exact) mass is 464 g/mol. The molecular weight excluding hydrogens is 441 g/mol. The number of thioether (sulfide) groups is 1. The Morgan fingerprint density at radius 3 is 2.47 bits per heavy atom. The summed E-state index contributed by atoms with van der Waals surface area (Å²) in [5, 5.41) is 9.15. The van der Waals surface area contributed by atoms with Gasteiger partial charge in [-0.3, -0.25) is 9.78 Å². The second-order valence-corrected chi connectivity index (χ2v) is 10.1. The molecule has 2 fully saturated rings. The van der Waals surface area contributed by atoms with E-state index in [0.29, 0.717) is 29.7 Å². The van der Waals surface area contributed by atoms with Crippen LogP contribution in [0.1, 0.15) is 37.4 Å². The number of benzene rings is 1. The first-order valence-electron chi connectivity index (χ1n) is 10.3. The number of nitrogens with zero attached hydrogens (tertiary/aromatic N) is 2. The Morgan fingerprint density at radius 1 is 1.19 bits per heavy atom. The van der Waals surface area contributed by atoms with Gasteiger partial charge in [0.2, 0.25) is 5.91 Å². The summed E-state index contributed by atoms with van der Waals surface area (Å²) < 4.78 is 41.7. The SMILES string of the molecule is Cc1cc(-c2ccc(SC3CC(C(=O)O)N(C(=O)C4(C)CC4)C3)c(C(F)(F)F)c2)ccn1. The normalized spacial score (nSPS) is 22.1. The van der Waals surface area contributed by atoms with Gasteiger partial charge >= 0.3 is 12.1 Å². The van der Waals surface area contributed by atoms with Crippen LogP contribution in [-0.4, -0.2) is 44.7 Å². The molecule has 2 aliphatic rings. The maximum absolute atomic E-state index is 13.9. The van der Waals surface area contributed by atoms with Gasteiger partial charge in [0.15, 0.2) is 0 Å². The topological polar surface area (TPSA) is 70.5 Å². The molecule has 4 rings (SSSR count). The molecule has 1 aromatic carbocycles. The number of hydrogen-bond acceptors (Lipinski definition) is 4. The molecule has 1 aromatic heterocycles. The summed E-state index contributed by atoms with van der Waals surface area (Å²) in [5.41, 5.74) is 0.477. The average Bonchev–Trinajstić information content (AvgIpc) is 3.33. The molecule has 32 heavy (non-hydrogen) atoms. The standard InChI is InChI=1S/C23H23F3N2O3S/c1-13-9-15(5-8-27-13)14-3-4-19(17(10-14)23(24,25)26)32-16-11-18(20(29)30)28(12-16)21(31)22(2)6-7-22/h3-5,8-10,16,18H,6-7,11-12H2,1-2H3,(H,29,30). The van der Waals surface area contributed by atoms with E-state index in [-0.39, 0.29) is 23.8 Å². The van der Waals surface area contributed by atoms with Gasteiger partial charge in [0.25, 0.3) is 0 Å². The minimum absolute atomic E-state index is 0.0353. The Labute approximate surface area is 188 Å². The predicted octanol–water partition coefficient (Wildman–Crippen LogP) is 5.02. The summed E-state index contributed by atoms with van der Waals surface area (Å²) >= 11 is 0.996. The number of pyridine rings is 1. The molecule has 2 heterocycles. The molecule has 1 aliphatic carbocycles. The summed E-state index contributed by atoms with van der Waals surface area (Å²) in [6.45, 7) is 3.70. The molecule has 1 amide bonds. The second kappa shape index (κ2) is 8.10. The van der Waals surface area contributed by atoms with Crippen molar-refractivity contribution in [2.24, 2.45) is 5.41 Å². The van der Waals surface area contributed by atoms with Crippen LogP contribution < -0.4 is 0 Å². The highest BCUT2D eigenvalue weighted by atomic mass is 32.2. The minimum Gasteiger partial charge on any atom is -0.480 e. The number of carbonyl (C=O) groups excluding carboxylic acids is 1. The van der Waals surface area contributed by atoms with Crippen molar-refractivity contribution in [3.8, 4) is 11.1 Å². The highest BCUT2D eigenvalue weighted by Crippen LogP contribution is 2.49. The molecule has 1 aliphatic heterocycles. The molecule has 2 unspecified atom stereocenters. The van der Waals surface area contributed by atoms with Gasteiger partial charge in [0, 0.05) is 34.0 Å².